The highest BCUT2D eigenvalue weighted by Gasteiger charge is 2.28. The topological polar surface area (TPSA) is 76.1 Å². The van der Waals surface area contributed by atoms with Crippen LogP contribution in [0, 0.1) is 0 Å². The van der Waals surface area contributed by atoms with Crippen LogP contribution in [0.1, 0.15) is 26.5 Å². The predicted octanol–water partition coefficient (Wildman–Crippen LogP) is 1.14. The van der Waals surface area contributed by atoms with Crippen molar-refractivity contribution in [2.75, 3.05) is 26.3 Å². The van der Waals surface area contributed by atoms with Crippen molar-refractivity contribution in [2.24, 2.45) is 0 Å². The van der Waals surface area contributed by atoms with E-state index in [-0.39, 0.29) is 12.3 Å². The number of fused-ring (bicyclic) bond motifs is 1. The average molecular weight is 311 g/mol. The Hall–Kier alpha value is -1.44. The molecule has 1 aromatic heterocycles. The highest BCUT2D eigenvalue weighted by Crippen LogP contribution is 2.28. The summed E-state index contributed by atoms with van der Waals surface area (Å²) in [5.41, 5.74) is 1.10. The number of aliphatic carboxylic acids is 1. The van der Waals surface area contributed by atoms with Crippen LogP contribution in [0.5, 0.6) is 0 Å². The number of carboxylic acid groups (broad SMARTS) is 1. The first-order chi connectivity index (χ1) is 10.1. The van der Waals surface area contributed by atoms with Gasteiger partial charge in [-0.25, -0.2) is 0 Å². The first-order valence-electron chi connectivity index (χ1n) is 6.95. The molecule has 0 spiro atoms. The predicted molar refractivity (Wildman–Crippen MR) is 75.6 cm³/mol. The number of amides is 1. The monoisotopic (exact) mass is 311 g/mol. The van der Waals surface area contributed by atoms with Gasteiger partial charge in [-0.2, -0.15) is 0 Å². The maximum Gasteiger partial charge on any atom is 0.306 e. The molecule has 1 amide bonds. The Kier molecular flexibility index (Phi) is 4.23. The van der Waals surface area contributed by atoms with Crippen LogP contribution < -0.4 is 0 Å². The van der Waals surface area contributed by atoms with Gasteiger partial charge in [-0.1, -0.05) is 0 Å². The summed E-state index contributed by atoms with van der Waals surface area (Å²) in [4.78, 5) is 26.9. The van der Waals surface area contributed by atoms with Crippen LogP contribution in [0.25, 0.3) is 0 Å². The van der Waals surface area contributed by atoms with E-state index in [2.05, 4.69) is 0 Å². The minimum Gasteiger partial charge on any atom is -0.481 e. The molecule has 2 aliphatic rings. The molecule has 1 aromatic rings. The highest BCUT2D eigenvalue weighted by molar-refractivity contribution is 7.14. The SMILES string of the molecule is O=C(O)CC1CN(C(=O)c2cc3c(s2)CCOC3)CCO1. The average Bonchev–Trinajstić information content (AvgIpc) is 2.90. The number of morpholine rings is 1. The smallest absolute Gasteiger partial charge is 0.306 e. The third-order valence-corrected chi connectivity index (χ3v) is 4.89. The Morgan fingerprint density at radius 3 is 3.05 bits per heavy atom. The summed E-state index contributed by atoms with van der Waals surface area (Å²) in [5.74, 6) is -0.939. The quantitative estimate of drug-likeness (QED) is 0.906. The molecule has 1 atom stereocenters. The highest BCUT2D eigenvalue weighted by atomic mass is 32.1. The van der Waals surface area contributed by atoms with Crippen LogP contribution in [-0.2, 0) is 27.3 Å². The van der Waals surface area contributed by atoms with E-state index in [0.29, 0.717) is 37.8 Å². The molecule has 7 heteroatoms. The summed E-state index contributed by atoms with van der Waals surface area (Å²) in [6.07, 6.45) is 0.370. The maximum atomic E-state index is 12.5. The zero-order chi connectivity index (χ0) is 14.8. The lowest BCUT2D eigenvalue weighted by molar-refractivity contribution is -0.141. The van der Waals surface area contributed by atoms with Gasteiger partial charge in [0.1, 0.15) is 0 Å². The molecule has 0 aromatic carbocycles. The van der Waals surface area contributed by atoms with E-state index in [0.717, 1.165) is 12.0 Å². The van der Waals surface area contributed by atoms with Crippen LogP contribution in [0.4, 0.5) is 0 Å². The van der Waals surface area contributed by atoms with E-state index in [1.807, 2.05) is 6.07 Å². The number of carboxylic acids is 1. The second kappa shape index (κ2) is 6.13. The Balaban J connectivity index is 1.69. The molecule has 0 radical (unpaired) electrons. The van der Waals surface area contributed by atoms with Crippen LogP contribution >= 0.6 is 11.3 Å². The second-order valence-electron chi connectivity index (χ2n) is 5.20. The van der Waals surface area contributed by atoms with Gasteiger partial charge >= 0.3 is 5.97 Å². The van der Waals surface area contributed by atoms with Gasteiger partial charge in [-0.15, -0.1) is 11.3 Å². The molecule has 3 heterocycles. The summed E-state index contributed by atoms with van der Waals surface area (Å²) in [6.45, 7) is 2.51. The zero-order valence-corrected chi connectivity index (χ0v) is 12.4. The van der Waals surface area contributed by atoms with Crippen molar-refractivity contribution in [2.45, 2.75) is 25.6 Å². The molecule has 21 heavy (non-hydrogen) atoms. The summed E-state index contributed by atoms with van der Waals surface area (Å²) in [6, 6.07) is 1.91. The number of thiophene rings is 1. The standard InChI is InChI=1S/C14H17NO5S/c16-13(17)6-10-7-15(2-4-20-10)14(18)12-5-9-8-19-3-1-11(9)21-12/h5,10H,1-4,6-8H2,(H,16,17). The largest absolute Gasteiger partial charge is 0.481 e. The van der Waals surface area contributed by atoms with Crippen LogP contribution in [-0.4, -0.2) is 54.3 Å². The minimum atomic E-state index is -0.905. The molecule has 1 N–H and O–H groups in total. The summed E-state index contributed by atoms with van der Waals surface area (Å²) in [5, 5.41) is 8.82. The van der Waals surface area contributed by atoms with Crippen LogP contribution in [0.2, 0.25) is 0 Å². The van der Waals surface area contributed by atoms with Crippen molar-refractivity contribution in [3.8, 4) is 0 Å². The van der Waals surface area contributed by atoms with Crippen molar-refractivity contribution in [3.63, 3.8) is 0 Å². The molecule has 2 aliphatic heterocycles. The number of carbonyl (C=O) groups excluding carboxylic acids is 1. The molecule has 1 fully saturated rings. The van der Waals surface area contributed by atoms with Crippen LogP contribution in [0.15, 0.2) is 6.07 Å². The number of nitrogens with zero attached hydrogens (tertiary/aromatic N) is 1. The van der Waals surface area contributed by atoms with E-state index in [9.17, 15) is 9.59 Å². The molecular formula is C14H17NO5S. The van der Waals surface area contributed by atoms with E-state index in [4.69, 9.17) is 14.6 Å². The number of hydrogen-bond acceptors (Lipinski definition) is 5. The minimum absolute atomic E-state index is 0.0342. The van der Waals surface area contributed by atoms with Crippen molar-refractivity contribution >= 4 is 23.2 Å². The first-order valence-corrected chi connectivity index (χ1v) is 7.77. The van der Waals surface area contributed by atoms with Crippen molar-refractivity contribution in [1.29, 1.82) is 0 Å². The van der Waals surface area contributed by atoms with Gasteiger partial charge in [-0.05, 0) is 11.6 Å². The number of ether oxygens (including phenoxy) is 2. The second-order valence-corrected chi connectivity index (χ2v) is 6.34. The lowest BCUT2D eigenvalue weighted by Gasteiger charge is -2.32. The van der Waals surface area contributed by atoms with Crippen molar-refractivity contribution in [3.05, 3.63) is 21.4 Å². The van der Waals surface area contributed by atoms with E-state index >= 15 is 0 Å². The Bertz CT molecular complexity index is 532. The van der Waals surface area contributed by atoms with E-state index < -0.39 is 12.1 Å². The lowest BCUT2D eigenvalue weighted by atomic mass is 10.1. The Labute approximate surface area is 126 Å². The summed E-state index contributed by atoms with van der Waals surface area (Å²) >= 11 is 1.52. The molecule has 0 bridgehead atoms. The summed E-state index contributed by atoms with van der Waals surface area (Å²) < 4.78 is 10.8. The third-order valence-electron chi connectivity index (χ3n) is 3.67. The molecule has 3 rings (SSSR count). The normalized spacial score (nSPS) is 21.9. The Morgan fingerprint density at radius 2 is 2.29 bits per heavy atom. The van der Waals surface area contributed by atoms with E-state index in [1.165, 1.54) is 16.2 Å². The fourth-order valence-electron chi connectivity index (χ4n) is 2.63. The Morgan fingerprint density at radius 1 is 1.43 bits per heavy atom. The van der Waals surface area contributed by atoms with Gasteiger partial charge in [0, 0.05) is 24.4 Å². The molecule has 0 aliphatic carbocycles. The maximum absolute atomic E-state index is 12.5. The molecule has 1 saturated heterocycles. The first kappa shape index (κ1) is 14.5. The van der Waals surface area contributed by atoms with Crippen molar-refractivity contribution in [1.82, 2.24) is 4.90 Å². The van der Waals surface area contributed by atoms with Crippen LogP contribution in [0.3, 0.4) is 0 Å². The van der Waals surface area contributed by atoms with Gasteiger partial charge in [0.05, 0.1) is 37.2 Å². The van der Waals surface area contributed by atoms with Crippen molar-refractivity contribution < 1.29 is 24.2 Å². The molecule has 6 nitrogen and oxygen atoms in total. The van der Waals surface area contributed by atoms with Gasteiger partial charge < -0.3 is 19.5 Å². The van der Waals surface area contributed by atoms with Gasteiger partial charge in [0.2, 0.25) is 0 Å². The van der Waals surface area contributed by atoms with Gasteiger partial charge in [-0.3, -0.25) is 9.59 Å². The lowest BCUT2D eigenvalue weighted by Crippen LogP contribution is -2.46. The van der Waals surface area contributed by atoms with E-state index in [1.54, 1.807) is 4.90 Å². The number of hydrogen-bond donors (Lipinski definition) is 1. The molecule has 114 valence electrons. The third kappa shape index (κ3) is 3.25. The van der Waals surface area contributed by atoms with Gasteiger partial charge in [0.15, 0.2) is 0 Å². The molecule has 1 unspecified atom stereocenters. The number of carbonyl (C=O) groups is 2. The fraction of sp³-hybridized carbons (Fsp3) is 0.571. The fourth-order valence-corrected chi connectivity index (χ4v) is 3.75. The molecular weight excluding hydrogens is 294 g/mol. The molecule has 0 saturated carbocycles. The zero-order valence-electron chi connectivity index (χ0n) is 11.5. The van der Waals surface area contributed by atoms with Gasteiger partial charge in [0.25, 0.3) is 5.91 Å². The summed E-state index contributed by atoms with van der Waals surface area (Å²) in [7, 11) is 0. The number of rotatable bonds is 3.